The molecule has 3 unspecified atom stereocenters. The number of nitrogens with zero attached hydrogens (tertiary/aromatic N) is 1. The second kappa shape index (κ2) is 15.4. The molecule has 3 atom stereocenters. The molecule has 0 amide bonds. The largest absolute Gasteiger partial charge is 0.481 e. The number of anilines is 1. The molecular formula is C39H51NO7S. The molecule has 3 heterocycles. The molecule has 0 aromatic heterocycles. The van der Waals surface area contributed by atoms with Gasteiger partial charge < -0.3 is 19.5 Å². The fourth-order valence-corrected chi connectivity index (χ4v) is 7.99. The van der Waals surface area contributed by atoms with Gasteiger partial charge in [0.2, 0.25) is 5.88 Å². The highest BCUT2D eigenvalue weighted by atomic mass is 32.2. The van der Waals surface area contributed by atoms with Crippen LogP contribution in [-0.2, 0) is 31.5 Å². The molecule has 48 heavy (non-hydrogen) atoms. The number of ether oxygens (including phenoxy) is 2. The highest BCUT2D eigenvalue weighted by Gasteiger charge is 2.43. The molecule has 2 aromatic rings. The average molecular weight is 678 g/mol. The van der Waals surface area contributed by atoms with Gasteiger partial charge in [0.25, 0.3) is 10.1 Å². The van der Waals surface area contributed by atoms with Crippen LogP contribution in [0.4, 0.5) is 5.69 Å². The van der Waals surface area contributed by atoms with E-state index in [4.69, 9.17) is 21.2 Å². The highest BCUT2D eigenvalue weighted by Crippen LogP contribution is 2.50. The van der Waals surface area contributed by atoms with Crippen molar-refractivity contribution in [3.8, 4) is 5.75 Å². The summed E-state index contributed by atoms with van der Waals surface area (Å²) in [6.45, 7) is 12.1. The van der Waals surface area contributed by atoms with E-state index in [-0.39, 0.29) is 28.9 Å². The number of rotatable bonds is 10. The second-order valence-electron chi connectivity index (χ2n) is 13.6. The first-order valence-electron chi connectivity index (χ1n) is 17.7. The van der Waals surface area contributed by atoms with E-state index in [1.807, 2.05) is 4.90 Å². The van der Waals surface area contributed by atoms with Gasteiger partial charge in [-0.05, 0) is 79.0 Å². The lowest BCUT2D eigenvalue weighted by Gasteiger charge is -2.41. The van der Waals surface area contributed by atoms with Crippen LogP contribution in [0.15, 0.2) is 82.6 Å². The van der Waals surface area contributed by atoms with Crippen molar-refractivity contribution in [2.45, 2.75) is 127 Å². The minimum absolute atomic E-state index is 0.103. The second-order valence-corrected chi connectivity index (χ2v) is 15.1. The Bertz CT molecular complexity index is 1670. The SMILES string of the molecule is C=C1C2=CC3=C4Oc5cc(S(=O)(=O)O)ccc5N4CCC3OC2CCCc2ccccc2C1(C)CCCCCC(=O)O.CCCCCC. The number of benzene rings is 2. The van der Waals surface area contributed by atoms with Gasteiger partial charge in [0.15, 0.2) is 5.75 Å². The van der Waals surface area contributed by atoms with Gasteiger partial charge in [-0.3, -0.25) is 9.35 Å². The zero-order chi connectivity index (χ0) is 34.5. The van der Waals surface area contributed by atoms with E-state index in [0.29, 0.717) is 24.6 Å². The molecule has 0 spiro atoms. The highest BCUT2D eigenvalue weighted by molar-refractivity contribution is 7.85. The van der Waals surface area contributed by atoms with Crippen molar-refractivity contribution in [2.24, 2.45) is 0 Å². The Kier molecular flexibility index (Phi) is 11.5. The first-order chi connectivity index (χ1) is 23.0. The van der Waals surface area contributed by atoms with Crippen LogP contribution in [0.5, 0.6) is 5.75 Å². The standard InChI is InChI=1S/C33H37NO7S.C6H14/c1-21-24-20-25-29(16-18-34-27-15-14-23(42(37,38)39)19-30(27)41-32(25)34)40-28(24)12-8-10-22-9-5-6-11-26(22)33(21,2)17-7-3-4-13-31(35)36;1-3-5-6-4-2/h5-6,9,11,14-15,19-20,28-29H,1,3-4,7-8,10,12-13,16-18H2,2H3,(H,35,36)(H,37,38,39);3-6H2,1-2H3. The predicted octanol–water partition coefficient (Wildman–Crippen LogP) is 8.91. The van der Waals surface area contributed by atoms with Crippen LogP contribution in [0.2, 0.25) is 0 Å². The molecule has 0 bridgehead atoms. The molecule has 3 aliphatic heterocycles. The van der Waals surface area contributed by atoms with Crippen LogP contribution in [0, 0.1) is 0 Å². The Morgan fingerprint density at radius 1 is 1.02 bits per heavy atom. The normalized spacial score (nSPS) is 23.0. The van der Waals surface area contributed by atoms with Gasteiger partial charge in [0, 0.05) is 30.0 Å². The summed E-state index contributed by atoms with van der Waals surface area (Å²) in [6, 6.07) is 13.0. The summed E-state index contributed by atoms with van der Waals surface area (Å²) in [5.74, 6) is 0.257. The fraction of sp³-hybridized carbons (Fsp3) is 0.513. The molecule has 0 radical (unpaired) electrons. The Morgan fingerprint density at radius 3 is 2.48 bits per heavy atom. The van der Waals surface area contributed by atoms with Crippen LogP contribution in [0.3, 0.4) is 0 Å². The van der Waals surface area contributed by atoms with Crippen molar-refractivity contribution in [2.75, 3.05) is 11.4 Å². The lowest BCUT2D eigenvalue weighted by Crippen LogP contribution is -2.41. The third-order valence-corrected chi connectivity index (χ3v) is 11.1. The van der Waals surface area contributed by atoms with Gasteiger partial charge in [-0.25, -0.2) is 0 Å². The first-order valence-corrected chi connectivity index (χ1v) is 19.1. The third-order valence-electron chi connectivity index (χ3n) is 10.2. The van der Waals surface area contributed by atoms with Crippen molar-refractivity contribution >= 4 is 21.8 Å². The maximum absolute atomic E-state index is 11.8. The molecule has 0 saturated heterocycles. The molecule has 6 rings (SSSR count). The summed E-state index contributed by atoms with van der Waals surface area (Å²) in [6.07, 6.45) is 14.4. The Hall–Kier alpha value is -3.40. The number of unbranched alkanes of at least 4 members (excludes halogenated alkanes) is 5. The van der Waals surface area contributed by atoms with E-state index < -0.39 is 16.1 Å². The number of carboxylic acid groups (broad SMARTS) is 1. The zero-order valence-corrected chi connectivity index (χ0v) is 29.5. The summed E-state index contributed by atoms with van der Waals surface area (Å²) in [4.78, 5) is 12.9. The molecule has 8 nitrogen and oxygen atoms in total. The van der Waals surface area contributed by atoms with Gasteiger partial charge >= 0.3 is 5.97 Å². The summed E-state index contributed by atoms with van der Waals surface area (Å²) in [7, 11) is -4.36. The number of hydrogen-bond donors (Lipinski definition) is 2. The van der Waals surface area contributed by atoms with Crippen molar-refractivity contribution in [1.29, 1.82) is 0 Å². The summed E-state index contributed by atoms with van der Waals surface area (Å²) < 4.78 is 46.1. The monoisotopic (exact) mass is 677 g/mol. The molecule has 2 N–H and O–H groups in total. The smallest absolute Gasteiger partial charge is 0.303 e. The van der Waals surface area contributed by atoms with E-state index in [1.54, 1.807) is 6.07 Å². The molecule has 0 fully saturated rings. The maximum Gasteiger partial charge on any atom is 0.303 e. The van der Waals surface area contributed by atoms with Crippen molar-refractivity contribution in [1.82, 2.24) is 0 Å². The number of carbonyl (C=O) groups is 1. The van der Waals surface area contributed by atoms with Crippen LogP contribution in [0.25, 0.3) is 0 Å². The van der Waals surface area contributed by atoms with E-state index in [9.17, 15) is 17.8 Å². The molecular weight excluding hydrogens is 626 g/mol. The van der Waals surface area contributed by atoms with Crippen LogP contribution in [-0.4, -0.2) is 42.8 Å². The quantitative estimate of drug-likeness (QED) is 0.189. The van der Waals surface area contributed by atoms with Crippen LogP contribution >= 0.6 is 0 Å². The van der Waals surface area contributed by atoms with Gasteiger partial charge in [-0.1, -0.05) is 90.1 Å². The molecule has 4 aliphatic rings. The van der Waals surface area contributed by atoms with Gasteiger partial charge in [0.1, 0.15) is 0 Å². The van der Waals surface area contributed by atoms with E-state index in [1.165, 1.54) is 48.9 Å². The van der Waals surface area contributed by atoms with Crippen LogP contribution < -0.4 is 9.64 Å². The molecule has 1 aliphatic carbocycles. The Labute approximate surface area is 286 Å². The average Bonchev–Trinajstić information content (AvgIpc) is 3.45. The van der Waals surface area contributed by atoms with Gasteiger partial charge in [-0.2, -0.15) is 8.42 Å². The van der Waals surface area contributed by atoms with Crippen molar-refractivity contribution in [3.05, 3.63) is 88.8 Å². The van der Waals surface area contributed by atoms with E-state index in [0.717, 1.165) is 67.4 Å². The minimum Gasteiger partial charge on any atom is -0.481 e. The lowest BCUT2D eigenvalue weighted by atomic mass is 9.68. The minimum atomic E-state index is -4.36. The van der Waals surface area contributed by atoms with E-state index in [2.05, 4.69) is 51.1 Å². The van der Waals surface area contributed by atoms with Crippen molar-refractivity contribution in [3.63, 3.8) is 0 Å². The summed E-state index contributed by atoms with van der Waals surface area (Å²) >= 11 is 0. The maximum atomic E-state index is 11.8. The number of hydrogen-bond acceptors (Lipinski definition) is 6. The number of aryl methyl sites for hydroxylation is 1. The van der Waals surface area contributed by atoms with Gasteiger partial charge in [-0.15, -0.1) is 0 Å². The summed E-state index contributed by atoms with van der Waals surface area (Å²) in [5, 5.41) is 9.09. The van der Waals surface area contributed by atoms with Crippen LogP contribution in [0.1, 0.15) is 109 Å². The molecule has 2 aromatic carbocycles. The molecule has 0 saturated carbocycles. The number of aliphatic carboxylic acids is 1. The zero-order valence-electron chi connectivity index (χ0n) is 28.7. The van der Waals surface area contributed by atoms with E-state index >= 15 is 0 Å². The topological polar surface area (TPSA) is 113 Å². The molecule has 260 valence electrons. The lowest BCUT2D eigenvalue weighted by molar-refractivity contribution is -0.137. The van der Waals surface area contributed by atoms with Gasteiger partial charge in [0.05, 0.1) is 22.8 Å². The fourth-order valence-electron chi connectivity index (χ4n) is 7.49. The number of fused-ring (bicyclic) bond motifs is 6. The van der Waals surface area contributed by atoms with Crippen molar-refractivity contribution < 1.29 is 32.3 Å². The third kappa shape index (κ3) is 7.74. The Balaban J connectivity index is 0.000000689. The predicted molar refractivity (Wildman–Crippen MR) is 189 cm³/mol. The first kappa shape index (κ1) is 35.9. The molecule has 9 heteroatoms. The summed E-state index contributed by atoms with van der Waals surface area (Å²) in [5.41, 5.74) is 5.95. The number of carboxylic acids is 1. The Morgan fingerprint density at radius 2 is 1.77 bits per heavy atom.